The largest absolute Gasteiger partial charge is 0.341 e. The topological polar surface area (TPSA) is 79.4 Å². The number of nitrogens with one attached hydrogen (secondary N) is 1. The summed E-state index contributed by atoms with van der Waals surface area (Å²) in [6.07, 6.45) is 1.45. The van der Waals surface area contributed by atoms with Crippen molar-refractivity contribution < 1.29 is 13.2 Å². The highest BCUT2D eigenvalue weighted by atomic mass is 32.2. The van der Waals surface area contributed by atoms with Gasteiger partial charge in [0.15, 0.2) is 5.03 Å². The summed E-state index contributed by atoms with van der Waals surface area (Å²) >= 11 is 0. The molecule has 1 aromatic heterocycles. The van der Waals surface area contributed by atoms with Crippen molar-refractivity contribution in [3.63, 3.8) is 0 Å². The Morgan fingerprint density at radius 3 is 2.59 bits per heavy atom. The Balaban J connectivity index is 2.31. The zero-order valence-electron chi connectivity index (χ0n) is 12.1. The van der Waals surface area contributed by atoms with E-state index in [2.05, 4.69) is 10.3 Å². The van der Waals surface area contributed by atoms with Gasteiger partial charge in [-0.3, -0.25) is 0 Å². The van der Waals surface area contributed by atoms with Crippen molar-refractivity contribution in [3.05, 3.63) is 53.7 Å². The van der Waals surface area contributed by atoms with Gasteiger partial charge in [-0.15, -0.1) is 0 Å². The first-order valence-corrected chi connectivity index (χ1v) is 8.20. The van der Waals surface area contributed by atoms with Crippen LogP contribution in [0.4, 0.5) is 4.79 Å². The van der Waals surface area contributed by atoms with Crippen molar-refractivity contribution in [2.45, 2.75) is 16.0 Å². The number of fused-ring (bicyclic) bond motifs is 2. The summed E-state index contributed by atoms with van der Waals surface area (Å²) in [7, 11) is -0.500. The van der Waals surface area contributed by atoms with Crippen molar-refractivity contribution in [2.24, 2.45) is 0 Å². The van der Waals surface area contributed by atoms with E-state index < -0.39 is 15.9 Å². The first-order chi connectivity index (χ1) is 10.5. The number of pyridine rings is 1. The van der Waals surface area contributed by atoms with Gasteiger partial charge in [0.2, 0.25) is 9.84 Å². The molecule has 1 aromatic carbocycles. The van der Waals surface area contributed by atoms with E-state index in [1.807, 2.05) is 0 Å². The number of hydrogen-bond acceptors (Lipinski definition) is 4. The van der Waals surface area contributed by atoms with Crippen molar-refractivity contribution in [2.75, 3.05) is 14.1 Å². The summed E-state index contributed by atoms with van der Waals surface area (Å²) in [6.45, 7) is 0. The fourth-order valence-electron chi connectivity index (χ4n) is 2.77. The predicted molar refractivity (Wildman–Crippen MR) is 80.2 cm³/mol. The molecule has 0 spiro atoms. The molecule has 0 aliphatic carbocycles. The summed E-state index contributed by atoms with van der Waals surface area (Å²) in [5.74, 6) is 0. The van der Waals surface area contributed by atoms with Gasteiger partial charge in [0.25, 0.3) is 0 Å². The van der Waals surface area contributed by atoms with E-state index in [4.69, 9.17) is 0 Å². The molecule has 6 nitrogen and oxygen atoms in total. The van der Waals surface area contributed by atoms with Gasteiger partial charge in [0, 0.05) is 25.9 Å². The van der Waals surface area contributed by atoms with Crippen LogP contribution in [0.15, 0.2) is 52.5 Å². The van der Waals surface area contributed by atoms with Crippen LogP contribution in [0, 0.1) is 0 Å². The molecule has 0 bridgehead atoms. The van der Waals surface area contributed by atoms with Gasteiger partial charge < -0.3 is 10.2 Å². The van der Waals surface area contributed by atoms with E-state index in [-0.39, 0.29) is 16.0 Å². The maximum Gasteiger partial charge on any atom is 0.317 e. The molecule has 2 amide bonds. The van der Waals surface area contributed by atoms with Gasteiger partial charge in [0.1, 0.15) is 0 Å². The maximum absolute atomic E-state index is 12.7. The molecule has 1 aliphatic rings. The highest BCUT2D eigenvalue weighted by Crippen LogP contribution is 2.41. The molecular weight excluding hydrogens is 302 g/mol. The number of rotatable bonds is 1. The molecule has 0 saturated carbocycles. The number of aromatic nitrogens is 1. The van der Waals surface area contributed by atoms with Gasteiger partial charge in [-0.05, 0) is 17.7 Å². The number of nitrogens with zero attached hydrogens (tertiary/aromatic N) is 2. The fourth-order valence-corrected chi connectivity index (χ4v) is 4.42. The minimum absolute atomic E-state index is 0.00875. The van der Waals surface area contributed by atoms with Gasteiger partial charge >= 0.3 is 6.03 Å². The summed E-state index contributed by atoms with van der Waals surface area (Å²) in [5, 5.41) is 2.57. The molecule has 2 heterocycles. The summed E-state index contributed by atoms with van der Waals surface area (Å²) in [5.41, 5.74) is 1.08. The lowest BCUT2D eigenvalue weighted by Crippen LogP contribution is -2.40. The molecule has 0 fully saturated rings. The number of benzene rings is 1. The van der Waals surface area contributed by atoms with Gasteiger partial charge in [0.05, 0.1) is 10.9 Å². The normalized spacial score (nSPS) is 18.0. The maximum atomic E-state index is 12.7. The standard InChI is InChI=1S/C15H15N3O3S/c1-16-15(19)18(2)13-10-6-3-4-8-12(10)22(20,21)14-11(13)7-5-9-17-14/h3-9,13H,1-2H3,(H,16,19). The first-order valence-electron chi connectivity index (χ1n) is 6.72. The summed E-state index contributed by atoms with van der Waals surface area (Å²) in [4.78, 5) is 17.8. The van der Waals surface area contributed by atoms with E-state index in [9.17, 15) is 13.2 Å². The minimum Gasteiger partial charge on any atom is -0.341 e. The zero-order chi connectivity index (χ0) is 15.9. The van der Waals surface area contributed by atoms with Crippen LogP contribution in [0.3, 0.4) is 0 Å². The highest BCUT2D eigenvalue weighted by Gasteiger charge is 2.39. The second-order valence-electron chi connectivity index (χ2n) is 5.01. The molecule has 2 aromatic rings. The Morgan fingerprint density at radius 1 is 1.18 bits per heavy atom. The second kappa shape index (κ2) is 5.10. The van der Waals surface area contributed by atoms with Gasteiger partial charge in [-0.25, -0.2) is 18.2 Å². The number of sulfone groups is 1. The molecule has 1 unspecified atom stereocenters. The third kappa shape index (κ3) is 1.97. The van der Waals surface area contributed by atoms with Crippen LogP contribution < -0.4 is 5.32 Å². The highest BCUT2D eigenvalue weighted by molar-refractivity contribution is 7.91. The number of amides is 2. The third-order valence-corrected chi connectivity index (χ3v) is 5.58. The molecule has 1 N–H and O–H groups in total. The van der Waals surface area contributed by atoms with Gasteiger partial charge in [-0.1, -0.05) is 24.3 Å². The average molecular weight is 317 g/mol. The molecule has 0 radical (unpaired) electrons. The van der Waals surface area contributed by atoms with Crippen LogP contribution in [0.25, 0.3) is 0 Å². The molecule has 1 aliphatic heterocycles. The molecule has 7 heteroatoms. The van der Waals surface area contributed by atoms with E-state index in [1.165, 1.54) is 18.1 Å². The summed E-state index contributed by atoms with van der Waals surface area (Å²) < 4.78 is 25.4. The molecule has 114 valence electrons. The Morgan fingerprint density at radius 2 is 1.86 bits per heavy atom. The van der Waals surface area contributed by atoms with Crippen molar-refractivity contribution >= 4 is 15.9 Å². The fraction of sp³-hybridized carbons (Fsp3) is 0.200. The van der Waals surface area contributed by atoms with E-state index >= 15 is 0 Å². The van der Waals surface area contributed by atoms with Crippen LogP contribution in [-0.4, -0.2) is 38.4 Å². The lowest BCUT2D eigenvalue weighted by Gasteiger charge is -2.33. The number of carbonyl (C=O) groups excluding carboxylic acids is 1. The summed E-state index contributed by atoms with van der Waals surface area (Å²) in [6, 6.07) is 9.28. The van der Waals surface area contributed by atoms with Crippen LogP contribution >= 0.6 is 0 Å². The SMILES string of the molecule is CNC(=O)N(C)C1c2ccccc2S(=O)(=O)c2ncccc21. The van der Waals surface area contributed by atoms with Gasteiger partial charge in [-0.2, -0.15) is 0 Å². The van der Waals surface area contributed by atoms with Crippen LogP contribution in [0.5, 0.6) is 0 Å². The Bertz CT molecular complexity index is 795. The number of urea groups is 1. The lowest BCUT2D eigenvalue weighted by atomic mass is 9.98. The lowest BCUT2D eigenvalue weighted by molar-refractivity contribution is 0.199. The molecule has 3 rings (SSSR count). The Hall–Kier alpha value is -2.41. The first kappa shape index (κ1) is 14.5. The zero-order valence-corrected chi connectivity index (χ0v) is 13.0. The number of carbonyl (C=O) groups is 1. The Kier molecular flexibility index (Phi) is 3.37. The van der Waals surface area contributed by atoms with Crippen LogP contribution in [0.1, 0.15) is 17.2 Å². The molecular formula is C15H15N3O3S. The molecule has 22 heavy (non-hydrogen) atoms. The van der Waals surface area contributed by atoms with E-state index in [1.54, 1.807) is 43.4 Å². The monoisotopic (exact) mass is 317 g/mol. The average Bonchev–Trinajstić information content (AvgIpc) is 2.54. The smallest absolute Gasteiger partial charge is 0.317 e. The van der Waals surface area contributed by atoms with E-state index in [0.29, 0.717) is 11.1 Å². The quantitative estimate of drug-likeness (QED) is 0.866. The second-order valence-corrected chi connectivity index (χ2v) is 6.84. The van der Waals surface area contributed by atoms with E-state index in [0.717, 1.165) is 0 Å². The van der Waals surface area contributed by atoms with Crippen molar-refractivity contribution in [3.8, 4) is 0 Å². The van der Waals surface area contributed by atoms with Crippen molar-refractivity contribution in [1.82, 2.24) is 15.2 Å². The molecule has 0 saturated heterocycles. The molecule has 1 atom stereocenters. The number of hydrogen-bond donors (Lipinski definition) is 1. The van der Waals surface area contributed by atoms with Crippen LogP contribution in [-0.2, 0) is 9.84 Å². The van der Waals surface area contributed by atoms with Crippen molar-refractivity contribution in [1.29, 1.82) is 0 Å². The Labute approximate surface area is 128 Å². The predicted octanol–water partition coefficient (Wildman–Crippen LogP) is 1.59. The minimum atomic E-state index is -3.67. The van der Waals surface area contributed by atoms with Crippen LogP contribution in [0.2, 0.25) is 0 Å². The third-order valence-electron chi connectivity index (χ3n) is 3.77.